The summed E-state index contributed by atoms with van der Waals surface area (Å²) in [6.07, 6.45) is 5.65. The fraction of sp³-hybridized carbons (Fsp3) is 0.250. The van der Waals surface area contributed by atoms with E-state index in [0.29, 0.717) is 19.5 Å². The molecule has 0 aliphatic heterocycles. The number of nitrogens with zero attached hydrogens (tertiary/aromatic N) is 2. The van der Waals surface area contributed by atoms with E-state index in [0.717, 1.165) is 11.1 Å². The number of benzene rings is 1. The third kappa shape index (κ3) is 5.13. The van der Waals surface area contributed by atoms with Crippen LogP contribution in [0.4, 0.5) is 0 Å². The molecule has 2 N–H and O–H groups in total. The van der Waals surface area contributed by atoms with Gasteiger partial charge in [0.1, 0.15) is 6.61 Å². The zero-order valence-corrected chi connectivity index (χ0v) is 11.6. The van der Waals surface area contributed by atoms with E-state index in [1.54, 1.807) is 12.5 Å². The Hall–Kier alpha value is -2.58. The lowest BCUT2D eigenvalue weighted by molar-refractivity contribution is -0.121. The SMILES string of the molecule is O=C(CCn1ccnc1)NCc1ccc(C#CCO)cc1. The summed E-state index contributed by atoms with van der Waals surface area (Å²) in [5, 5.41) is 11.5. The number of rotatable bonds is 5. The van der Waals surface area contributed by atoms with Crippen molar-refractivity contribution in [3.8, 4) is 11.8 Å². The van der Waals surface area contributed by atoms with E-state index in [2.05, 4.69) is 22.1 Å². The Balaban J connectivity index is 1.75. The van der Waals surface area contributed by atoms with Gasteiger partial charge >= 0.3 is 0 Å². The quantitative estimate of drug-likeness (QED) is 0.802. The van der Waals surface area contributed by atoms with Gasteiger partial charge in [-0.25, -0.2) is 4.98 Å². The Morgan fingerprint density at radius 1 is 1.33 bits per heavy atom. The largest absolute Gasteiger partial charge is 0.384 e. The highest BCUT2D eigenvalue weighted by Gasteiger charge is 2.01. The first-order valence-corrected chi connectivity index (χ1v) is 6.69. The smallest absolute Gasteiger partial charge is 0.222 e. The number of aryl methyl sites for hydroxylation is 1. The summed E-state index contributed by atoms with van der Waals surface area (Å²) in [5.74, 6) is 5.43. The minimum absolute atomic E-state index is 0.00727. The molecule has 5 heteroatoms. The second-order valence-corrected chi connectivity index (χ2v) is 4.48. The molecule has 1 aromatic heterocycles. The van der Waals surface area contributed by atoms with Crippen LogP contribution in [0.25, 0.3) is 0 Å². The monoisotopic (exact) mass is 283 g/mol. The second kappa shape index (κ2) is 7.88. The van der Waals surface area contributed by atoms with Gasteiger partial charge in [-0.1, -0.05) is 24.0 Å². The zero-order chi connectivity index (χ0) is 14.9. The van der Waals surface area contributed by atoms with Crippen LogP contribution in [0.1, 0.15) is 17.5 Å². The van der Waals surface area contributed by atoms with Gasteiger partial charge in [0, 0.05) is 37.5 Å². The van der Waals surface area contributed by atoms with Gasteiger partial charge in [0.05, 0.1) is 6.33 Å². The predicted molar refractivity (Wildman–Crippen MR) is 79.1 cm³/mol. The van der Waals surface area contributed by atoms with Gasteiger partial charge in [0.15, 0.2) is 0 Å². The summed E-state index contributed by atoms with van der Waals surface area (Å²) in [4.78, 5) is 15.7. The molecule has 108 valence electrons. The van der Waals surface area contributed by atoms with E-state index in [4.69, 9.17) is 5.11 Å². The van der Waals surface area contributed by atoms with Gasteiger partial charge in [-0.3, -0.25) is 4.79 Å². The summed E-state index contributed by atoms with van der Waals surface area (Å²) < 4.78 is 1.87. The van der Waals surface area contributed by atoms with Gasteiger partial charge in [-0.15, -0.1) is 0 Å². The van der Waals surface area contributed by atoms with Crippen LogP contribution in [0.5, 0.6) is 0 Å². The first-order valence-electron chi connectivity index (χ1n) is 6.69. The third-order valence-electron chi connectivity index (χ3n) is 2.91. The Labute approximate surface area is 123 Å². The molecule has 0 saturated heterocycles. The van der Waals surface area contributed by atoms with Crippen LogP contribution in [0.2, 0.25) is 0 Å². The van der Waals surface area contributed by atoms with Crippen LogP contribution in [0.3, 0.4) is 0 Å². The topological polar surface area (TPSA) is 67.2 Å². The molecule has 2 aromatic rings. The number of carbonyl (C=O) groups is 1. The molecule has 0 radical (unpaired) electrons. The highest BCUT2D eigenvalue weighted by molar-refractivity contribution is 5.75. The van der Waals surface area contributed by atoms with Gasteiger partial charge < -0.3 is 15.0 Å². The molecule has 0 unspecified atom stereocenters. The van der Waals surface area contributed by atoms with Crippen molar-refractivity contribution >= 4 is 5.91 Å². The van der Waals surface area contributed by atoms with Crippen molar-refractivity contribution < 1.29 is 9.90 Å². The molecule has 1 heterocycles. The molecular formula is C16H17N3O2. The fourth-order valence-corrected chi connectivity index (χ4v) is 1.79. The molecular weight excluding hydrogens is 266 g/mol. The van der Waals surface area contributed by atoms with E-state index in [-0.39, 0.29) is 12.5 Å². The van der Waals surface area contributed by atoms with Crippen LogP contribution in [-0.4, -0.2) is 27.2 Å². The molecule has 1 aromatic carbocycles. The number of amides is 1. The first-order chi connectivity index (χ1) is 10.3. The summed E-state index contributed by atoms with van der Waals surface area (Å²) in [6.45, 7) is 0.979. The van der Waals surface area contributed by atoms with Gasteiger partial charge in [-0.05, 0) is 17.7 Å². The minimum Gasteiger partial charge on any atom is -0.384 e. The van der Waals surface area contributed by atoms with Crippen molar-refractivity contribution in [3.63, 3.8) is 0 Å². The van der Waals surface area contributed by atoms with Gasteiger partial charge in [-0.2, -0.15) is 0 Å². The summed E-state index contributed by atoms with van der Waals surface area (Å²) in [7, 11) is 0. The zero-order valence-electron chi connectivity index (χ0n) is 11.6. The molecule has 21 heavy (non-hydrogen) atoms. The molecule has 0 bridgehead atoms. The Morgan fingerprint density at radius 2 is 2.14 bits per heavy atom. The van der Waals surface area contributed by atoms with Crippen molar-refractivity contribution in [2.24, 2.45) is 0 Å². The summed E-state index contributed by atoms with van der Waals surface area (Å²) >= 11 is 0. The average molecular weight is 283 g/mol. The number of carbonyl (C=O) groups excluding carboxylic acids is 1. The van der Waals surface area contributed by atoms with E-state index >= 15 is 0 Å². The number of nitrogens with one attached hydrogen (secondary N) is 1. The lowest BCUT2D eigenvalue weighted by atomic mass is 10.1. The van der Waals surface area contributed by atoms with Gasteiger partial charge in [0.2, 0.25) is 5.91 Å². The number of aliphatic hydroxyl groups is 1. The number of imidazole rings is 1. The van der Waals surface area contributed by atoms with Crippen LogP contribution >= 0.6 is 0 Å². The van der Waals surface area contributed by atoms with Crippen LogP contribution in [-0.2, 0) is 17.9 Å². The van der Waals surface area contributed by atoms with Crippen LogP contribution < -0.4 is 5.32 Å². The standard InChI is InChI=1S/C16H17N3O2/c20-11-1-2-14-3-5-15(6-4-14)12-18-16(21)7-9-19-10-8-17-13-19/h3-6,8,10,13,20H,7,9,11-12H2,(H,18,21). The predicted octanol–water partition coefficient (Wildman–Crippen LogP) is 0.933. The molecule has 0 saturated carbocycles. The van der Waals surface area contributed by atoms with Crippen molar-refractivity contribution in [2.45, 2.75) is 19.5 Å². The lowest BCUT2D eigenvalue weighted by Crippen LogP contribution is -2.23. The highest BCUT2D eigenvalue weighted by Crippen LogP contribution is 2.03. The average Bonchev–Trinajstić information content (AvgIpc) is 3.03. The van der Waals surface area contributed by atoms with E-state index in [1.165, 1.54) is 0 Å². The normalized spacial score (nSPS) is 9.76. The van der Waals surface area contributed by atoms with Crippen molar-refractivity contribution in [1.29, 1.82) is 0 Å². The van der Waals surface area contributed by atoms with Gasteiger partial charge in [0.25, 0.3) is 0 Å². The van der Waals surface area contributed by atoms with Crippen molar-refractivity contribution in [1.82, 2.24) is 14.9 Å². The molecule has 0 aliphatic carbocycles. The molecule has 1 amide bonds. The first kappa shape index (κ1) is 14.8. The maximum absolute atomic E-state index is 11.7. The van der Waals surface area contributed by atoms with Crippen LogP contribution in [0, 0.1) is 11.8 Å². The van der Waals surface area contributed by atoms with E-state index < -0.39 is 0 Å². The molecule has 0 spiro atoms. The van der Waals surface area contributed by atoms with Crippen molar-refractivity contribution in [2.75, 3.05) is 6.61 Å². The van der Waals surface area contributed by atoms with E-state index in [9.17, 15) is 4.79 Å². The molecule has 0 aliphatic rings. The maximum Gasteiger partial charge on any atom is 0.222 e. The highest BCUT2D eigenvalue weighted by atomic mass is 16.2. The fourth-order valence-electron chi connectivity index (χ4n) is 1.79. The number of hydrogen-bond acceptors (Lipinski definition) is 3. The third-order valence-corrected chi connectivity index (χ3v) is 2.91. The summed E-state index contributed by atoms with van der Waals surface area (Å²) in [5.41, 5.74) is 1.86. The molecule has 0 fully saturated rings. The Kier molecular flexibility index (Phi) is 5.56. The second-order valence-electron chi connectivity index (χ2n) is 4.48. The van der Waals surface area contributed by atoms with Crippen molar-refractivity contribution in [3.05, 3.63) is 54.1 Å². The van der Waals surface area contributed by atoms with E-state index in [1.807, 2.05) is 35.0 Å². The Bertz CT molecular complexity index is 622. The Morgan fingerprint density at radius 3 is 2.81 bits per heavy atom. The number of aromatic nitrogens is 2. The lowest BCUT2D eigenvalue weighted by Gasteiger charge is -2.06. The maximum atomic E-state index is 11.7. The summed E-state index contributed by atoms with van der Waals surface area (Å²) in [6, 6.07) is 7.57. The number of aliphatic hydroxyl groups excluding tert-OH is 1. The van der Waals surface area contributed by atoms with Crippen LogP contribution in [0.15, 0.2) is 43.0 Å². The minimum atomic E-state index is -0.144. The molecule has 2 rings (SSSR count). The molecule has 5 nitrogen and oxygen atoms in total. The number of hydrogen-bond donors (Lipinski definition) is 2. The molecule has 0 atom stereocenters.